The normalized spacial score (nSPS) is 18.9. The van der Waals surface area contributed by atoms with E-state index in [0.717, 1.165) is 38.5 Å². The van der Waals surface area contributed by atoms with Crippen molar-refractivity contribution in [1.29, 1.82) is 0 Å². The van der Waals surface area contributed by atoms with Crippen LogP contribution >= 0.6 is 0 Å². The Hall–Kier alpha value is -0.900. The average Bonchev–Trinajstić information content (AvgIpc) is 3.35. The number of hydrogen-bond acceptors (Lipinski definition) is 11. The van der Waals surface area contributed by atoms with Gasteiger partial charge >= 0.3 is 16.4 Å². The quantitative estimate of drug-likeness (QED) is 0.0258. The predicted molar refractivity (Wildman–Crippen MR) is 290 cm³/mol. The van der Waals surface area contributed by atoms with Crippen LogP contribution < -0.4 is 0 Å². The van der Waals surface area contributed by atoms with Crippen molar-refractivity contribution in [1.82, 2.24) is 0 Å². The Morgan fingerprint density at radius 3 is 1.13 bits per heavy atom. The smallest absolute Gasteiger partial charge is 0.397 e. The summed E-state index contributed by atoms with van der Waals surface area (Å²) in [6, 6.07) is 0. The molecule has 0 aromatic heterocycles. The summed E-state index contributed by atoms with van der Waals surface area (Å²) < 4.78 is 59.5. The van der Waals surface area contributed by atoms with Crippen LogP contribution in [0.5, 0.6) is 0 Å². The van der Waals surface area contributed by atoms with Gasteiger partial charge in [-0.2, -0.15) is 8.42 Å². The average molecular weight is 1040 g/mol. The monoisotopic (exact) mass is 1030 g/mol. The van der Waals surface area contributed by atoms with Crippen molar-refractivity contribution in [3.05, 3.63) is 0 Å². The highest BCUT2D eigenvalue weighted by molar-refractivity contribution is 7.80. The van der Waals surface area contributed by atoms with Gasteiger partial charge in [0.25, 0.3) is 0 Å². The Labute approximate surface area is 436 Å². The second-order valence-electron chi connectivity index (χ2n) is 21.3. The van der Waals surface area contributed by atoms with E-state index in [-0.39, 0.29) is 25.6 Å². The molecule has 1 fully saturated rings. The highest BCUT2D eigenvalue weighted by atomic mass is 32.3. The van der Waals surface area contributed by atoms with E-state index in [1.54, 1.807) is 0 Å². The molecule has 6 unspecified atom stereocenters. The Kier molecular flexibility index (Phi) is 47.9. The molecule has 71 heavy (non-hydrogen) atoms. The van der Waals surface area contributed by atoms with Gasteiger partial charge in [0.15, 0.2) is 6.29 Å². The van der Waals surface area contributed by atoms with E-state index in [0.29, 0.717) is 13.0 Å². The second kappa shape index (κ2) is 49.9. The maximum Gasteiger partial charge on any atom is 0.397 e. The van der Waals surface area contributed by atoms with Crippen LogP contribution in [-0.2, 0) is 38.3 Å². The third kappa shape index (κ3) is 43.0. The van der Waals surface area contributed by atoms with E-state index >= 15 is 0 Å². The minimum atomic E-state index is -5.06. The highest BCUT2D eigenvalue weighted by Crippen LogP contribution is 2.26. The molecule has 0 aromatic carbocycles. The Balaban J connectivity index is 2.25. The fourth-order valence-electron chi connectivity index (χ4n) is 9.91. The lowest BCUT2D eigenvalue weighted by atomic mass is 9.99. The zero-order valence-corrected chi connectivity index (χ0v) is 46.9. The van der Waals surface area contributed by atoms with Gasteiger partial charge in [-0.25, -0.2) is 4.18 Å². The van der Waals surface area contributed by atoms with Gasteiger partial charge in [-0.1, -0.05) is 284 Å². The SMILES string of the molecule is CCCCCCCCCCCCCCCCCCCCCCCCOCC(COC1OC(CO)C(O)C(OS(=O)(=O)O)C1O)OC(=O)CCCCCCCCCCCCCCCCCCCCCCCC. The molecule has 424 valence electrons. The lowest BCUT2D eigenvalue weighted by Gasteiger charge is -2.41. The molecule has 0 aromatic rings. The molecule has 0 bridgehead atoms. The predicted octanol–water partition coefficient (Wildman–Crippen LogP) is 15.2. The van der Waals surface area contributed by atoms with E-state index in [4.69, 9.17) is 18.9 Å². The number of esters is 1. The molecule has 1 heterocycles. The number of ether oxygens (including phenoxy) is 4. The molecule has 0 saturated carbocycles. The summed E-state index contributed by atoms with van der Waals surface area (Å²) in [4.78, 5) is 13.0. The first-order chi connectivity index (χ1) is 34.6. The first-order valence-electron chi connectivity index (χ1n) is 30.3. The molecule has 0 aliphatic carbocycles. The molecular weight excluding hydrogens is 921 g/mol. The number of hydrogen-bond donors (Lipinski definition) is 4. The summed E-state index contributed by atoms with van der Waals surface area (Å²) in [5.41, 5.74) is 0. The van der Waals surface area contributed by atoms with Crippen molar-refractivity contribution in [3.8, 4) is 0 Å². The molecule has 12 nitrogen and oxygen atoms in total. The van der Waals surface area contributed by atoms with Gasteiger partial charge in [0, 0.05) is 13.0 Å². The van der Waals surface area contributed by atoms with Crippen LogP contribution in [0.2, 0.25) is 0 Å². The van der Waals surface area contributed by atoms with Crippen LogP contribution in [0.3, 0.4) is 0 Å². The molecule has 1 aliphatic rings. The third-order valence-electron chi connectivity index (χ3n) is 14.5. The topological polar surface area (TPSA) is 178 Å². The van der Waals surface area contributed by atoms with Crippen LogP contribution in [0.4, 0.5) is 0 Å². The summed E-state index contributed by atoms with van der Waals surface area (Å²) in [7, 11) is -5.06. The number of carbonyl (C=O) groups is 1. The third-order valence-corrected chi connectivity index (χ3v) is 14.9. The number of unbranched alkanes of at least 4 members (excludes halogenated alkanes) is 42. The Morgan fingerprint density at radius 2 is 0.803 bits per heavy atom. The van der Waals surface area contributed by atoms with Crippen molar-refractivity contribution in [3.63, 3.8) is 0 Å². The first kappa shape index (κ1) is 68.1. The molecule has 6 atom stereocenters. The van der Waals surface area contributed by atoms with E-state index in [2.05, 4.69) is 18.0 Å². The molecule has 0 amide bonds. The van der Waals surface area contributed by atoms with Crippen molar-refractivity contribution < 1.29 is 56.2 Å². The molecule has 13 heteroatoms. The van der Waals surface area contributed by atoms with Crippen molar-refractivity contribution in [2.75, 3.05) is 26.4 Å². The zero-order valence-electron chi connectivity index (χ0n) is 46.1. The number of aliphatic hydroxyl groups excluding tert-OH is 3. The summed E-state index contributed by atoms with van der Waals surface area (Å²) in [6.45, 7) is 4.09. The maximum absolute atomic E-state index is 13.0. The molecule has 0 spiro atoms. The summed E-state index contributed by atoms with van der Waals surface area (Å²) in [5, 5.41) is 30.9. The highest BCUT2D eigenvalue weighted by Gasteiger charge is 2.48. The van der Waals surface area contributed by atoms with Crippen LogP contribution in [-0.4, -0.2) is 97.5 Å². The van der Waals surface area contributed by atoms with Gasteiger partial charge in [0.2, 0.25) is 0 Å². The largest absolute Gasteiger partial charge is 0.457 e. The van der Waals surface area contributed by atoms with Crippen LogP contribution in [0.15, 0.2) is 0 Å². The summed E-state index contributed by atoms with van der Waals surface area (Å²) >= 11 is 0. The van der Waals surface area contributed by atoms with Crippen LogP contribution in [0, 0.1) is 0 Å². The van der Waals surface area contributed by atoms with Crippen molar-refractivity contribution in [2.24, 2.45) is 0 Å². The summed E-state index contributed by atoms with van der Waals surface area (Å²) in [6.07, 6.45) is 48.6. The zero-order chi connectivity index (χ0) is 51.7. The van der Waals surface area contributed by atoms with E-state index < -0.39 is 53.8 Å². The fourth-order valence-corrected chi connectivity index (χ4v) is 10.4. The molecule has 0 radical (unpaired) electrons. The molecule has 1 rings (SSSR count). The molecule has 4 N–H and O–H groups in total. The molecule has 1 saturated heterocycles. The minimum absolute atomic E-state index is 0.0458. The van der Waals surface area contributed by atoms with Crippen LogP contribution in [0.1, 0.15) is 303 Å². The standard InChI is InChI=1S/C58H114O12S/c1-3-5-7-9-11-13-15-17-19-21-23-25-27-29-31-33-35-37-39-41-43-45-47-54(60)68-52(51-67-58-56(62)57(70-71(63,64)65)55(61)53(49-59)69-58)50-66-48-46-44-42-40-38-36-34-32-30-28-26-24-22-20-18-16-14-12-10-8-6-4-2/h52-53,55-59,61-62H,3-51H2,1-2H3,(H,63,64,65). The van der Waals surface area contributed by atoms with Crippen molar-refractivity contribution >= 4 is 16.4 Å². The first-order valence-corrected chi connectivity index (χ1v) is 31.7. The lowest BCUT2D eigenvalue weighted by molar-refractivity contribution is -0.301. The van der Waals surface area contributed by atoms with Crippen molar-refractivity contribution in [2.45, 2.75) is 340 Å². The number of aliphatic hydroxyl groups is 3. The lowest BCUT2D eigenvalue weighted by Crippen LogP contribution is -2.60. The van der Waals surface area contributed by atoms with Crippen LogP contribution in [0.25, 0.3) is 0 Å². The number of carbonyl (C=O) groups excluding carboxylic acids is 1. The summed E-state index contributed by atoms with van der Waals surface area (Å²) in [5.74, 6) is -0.388. The van der Waals surface area contributed by atoms with E-state index in [9.17, 15) is 33.1 Å². The Bertz CT molecular complexity index is 1240. The molecular formula is C58H114O12S. The van der Waals surface area contributed by atoms with E-state index in [1.165, 1.54) is 238 Å². The van der Waals surface area contributed by atoms with Gasteiger partial charge in [0.1, 0.15) is 30.5 Å². The Morgan fingerprint density at radius 1 is 0.479 bits per heavy atom. The van der Waals surface area contributed by atoms with Gasteiger partial charge in [-0.15, -0.1) is 0 Å². The van der Waals surface area contributed by atoms with Gasteiger partial charge in [-0.3, -0.25) is 9.35 Å². The van der Waals surface area contributed by atoms with Gasteiger partial charge in [0.05, 0.1) is 19.8 Å². The second-order valence-corrected chi connectivity index (χ2v) is 22.4. The fraction of sp³-hybridized carbons (Fsp3) is 0.983. The minimum Gasteiger partial charge on any atom is -0.457 e. The molecule has 1 aliphatic heterocycles. The van der Waals surface area contributed by atoms with Gasteiger partial charge in [-0.05, 0) is 12.8 Å². The van der Waals surface area contributed by atoms with Gasteiger partial charge < -0.3 is 34.3 Å². The van der Waals surface area contributed by atoms with E-state index in [1.807, 2.05) is 0 Å². The number of rotatable bonds is 55. The maximum atomic E-state index is 13.0.